The second kappa shape index (κ2) is 9.20. The Labute approximate surface area is 202 Å². The minimum atomic E-state index is -0.587. The molecule has 0 atom stereocenters. The van der Waals surface area contributed by atoms with Gasteiger partial charge in [0.25, 0.3) is 5.56 Å². The summed E-state index contributed by atoms with van der Waals surface area (Å²) in [6.07, 6.45) is 0. The van der Waals surface area contributed by atoms with Crippen LogP contribution < -0.4 is 5.56 Å². The van der Waals surface area contributed by atoms with E-state index >= 15 is 0 Å². The molecule has 0 fully saturated rings. The smallest absolute Gasteiger partial charge is 0.290 e. The number of aromatic nitrogens is 2. The quantitative estimate of drug-likeness (QED) is 0.225. The number of hydrogen-bond donors (Lipinski definition) is 1. The molecule has 0 aliphatic carbocycles. The molecule has 0 unspecified atom stereocenters. The number of azo groups is 1. The van der Waals surface area contributed by atoms with Crippen molar-refractivity contribution in [3.63, 3.8) is 0 Å². The summed E-state index contributed by atoms with van der Waals surface area (Å²) >= 11 is 14.9. The van der Waals surface area contributed by atoms with Gasteiger partial charge in [-0.3, -0.25) is 13.9 Å². The van der Waals surface area contributed by atoms with Crippen LogP contribution in [0.5, 0.6) is 5.88 Å². The molecule has 0 amide bonds. The first-order valence-corrected chi connectivity index (χ1v) is 11.0. The highest BCUT2D eigenvalue weighted by Gasteiger charge is 2.19. The molecule has 3 aromatic carbocycles. The lowest BCUT2D eigenvalue weighted by Crippen LogP contribution is -2.23. The van der Waals surface area contributed by atoms with Crippen LogP contribution in [0.15, 0.2) is 92.3 Å². The number of aromatic hydroxyl groups is 1. The van der Waals surface area contributed by atoms with Gasteiger partial charge in [-0.1, -0.05) is 45.2 Å². The lowest BCUT2D eigenvalue weighted by atomic mass is 10.2. The largest absolute Gasteiger partial charge is 0.492 e. The van der Waals surface area contributed by atoms with Gasteiger partial charge in [0.1, 0.15) is 0 Å². The SMILES string of the molecule is Cc1ccc(-n2c(O)c(N=Nc3ccc(Cl)cc3)c(=O)n(-c3ccc(Br)cc3)c2=S)cc1. The van der Waals surface area contributed by atoms with Crippen molar-refractivity contribution < 1.29 is 5.11 Å². The monoisotopic (exact) mass is 526 g/mol. The second-order valence-electron chi connectivity index (χ2n) is 6.92. The molecule has 0 spiro atoms. The third-order valence-corrected chi connectivity index (χ3v) is 5.83. The maximum atomic E-state index is 13.3. The minimum absolute atomic E-state index is 0.101. The van der Waals surface area contributed by atoms with Crippen LogP contribution in [0.4, 0.5) is 11.4 Å². The van der Waals surface area contributed by atoms with E-state index in [1.54, 1.807) is 60.7 Å². The van der Waals surface area contributed by atoms with Gasteiger partial charge in [-0.25, -0.2) is 0 Å². The predicted octanol–water partition coefficient (Wildman–Crippen LogP) is 7.20. The maximum Gasteiger partial charge on any atom is 0.290 e. The Hall–Kier alpha value is -3.07. The Morgan fingerprint density at radius 3 is 2.06 bits per heavy atom. The first kappa shape index (κ1) is 22.1. The summed E-state index contributed by atoms with van der Waals surface area (Å²) in [7, 11) is 0. The van der Waals surface area contributed by atoms with E-state index in [-0.39, 0.29) is 10.5 Å². The molecule has 160 valence electrons. The zero-order chi connectivity index (χ0) is 22.8. The molecule has 1 N–H and O–H groups in total. The summed E-state index contributed by atoms with van der Waals surface area (Å²) in [5.74, 6) is -0.394. The fraction of sp³-hybridized carbons (Fsp3) is 0.0435. The number of aryl methyl sites for hydroxylation is 1. The van der Waals surface area contributed by atoms with E-state index in [1.165, 1.54) is 9.13 Å². The molecule has 0 aliphatic rings. The Bertz CT molecular complexity index is 1430. The normalized spacial score (nSPS) is 11.2. The molecular weight excluding hydrogens is 512 g/mol. The van der Waals surface area contributed by atoms with Crippen LogP contribution in [0, 0.1) is 11.7 Å². The van der Waals surface area contributed by atoms with Crippen molar-refractivity contribution in [1.82, 2.24) is 9.13 Å². The van der Waals surface area contributed by atoms with Gasteiger partial charge >= 0.3 is 0 Å². The number of nitrogens with zero attached hydrogens (tertiary/aromatic N) is 4. The van der Waals surface area contributed by atoms with Crippen molar-refractivity contribution in [2.24, 2.45) is 10.2 Å². The second-order valence-corrected chi connectivity index (χ2v) is 8.64. The van der Waals surface area contributed by atoms with Gasteiger partial charge in [0.2, 0.25) is 11.6 Å². The van der Waals surface area contributed by atoms with Crippen molar-refractivity contribution in [3.05, 3.63) is 103 Å². The molecule has 0 aliphatic heterocycles. The van der Waals surface area contributed by atoms with E-state index in [1.807, 2.05) is 19.1 Å². The van der Waals surface area contributed by atoms with Crippen molar-refractivity contribution in [2.75, 3.05) is 0 Å². The highest BCUT2D eigenvalue weighted by atomic mass is 79.9. The van der Waals surface area contributed by atoms with E-state index in [0.717, 1.165) is 10.0 Å². The number of rotatable bonds is 4. The number of halogens is 2. The standard InChI is InChI=1S/C23H16BrClN4O2S/c1-14-2-10-18(11-3-14)28-21(30)20(27-26-17-8-6-16(25)7-9-17)22(31)29(23(28)32)19-12-4-15(24)5-13-19/h2-13,30H,1H3. The van der Waals surface area contributed by atoms with Crippen LogP contribution in [0.1, 0.15) is 5.56 Å². The van der Waals surface area contributed by atoms with Crippen molar-refractivity contribution >= 4 is 51.1 Å². The van der Waals surface area contributed by atoms with Gasteiger partial charge in [-0.15, -0.1) is 5.11 Å². The first-order valence-electron chi connectivity index (χ1n) is 9.46. The highest BCUT2D eigenvalue weighted by Crippen LogP contribution is 2.29. The van der Waals surface area contributed by atoms with Crippen LogP contribution in [0.25, 0.3) is 11.4 Å². The topological polar surface area (TPSA) is 71.9 Å². The minimum Gasteiger partial charge on any atom is -0.492 e. The van der Waals surface area contributed by atoms with E-state index in [2.05, 4.69) is 26.2 Å². The van der Waals surface area contributed by atoms with E-state index in [0.29, 0.717) is 22.1 Å². The Morgan fingerprint density at radius 2 is 1.44 bits per heavy atom. The van der Waals surface area contributed by atoms with E-state index < -0.39 is 11.4 Å². The molecule has 32 heavy (non-hydrogen) atoms. The summed E-state index contributed by atoms with van der Waals surface area (Å²) in [5, 5.41) is 19.7. The lowest BCUT2D eigenvalue weighted by Gasteiger charge is -2.16. The highest BCUT2D eigenvalue weighted by molar-refractivity contribution is 9.10. The number of benzene rings is 3. The molecule has 0 saturated carbocycles. The first-order chi connectivity index (χ1) is 15.3. The lowest BCUT2D eigenvalue weighted by molar-refractivity contribution is 0.432. The number of hydrogen-bond acceptors (Lipinski definition) is 5. The van der Waals surface area contributed by atoms with E-state index in [9.17, 15) is 9.90 Å². The van der Waals surface area contributed by atoms with Crippen LogP contribution in [-0.2, 0) is 0 Å². The van der Waals surface area contributed by atoms with Crippen molar-refractivity contribution in [2.45, 2.75) is 6.92 Å². The molecular formula is C23H16BrClN4O2S. The third kappa shape index (κ3) is 4.43. The Morgan fingerprint density at radius 1 is 0.875 bits per heavy atom. The molecule has 1 heterocycles. The summed E-state index contributed by atoms with van der Waals surface area (Å²) < 4.78 is 3.67. The zero-order valence-electron chi connectivity index (χ0n) is 16.7. The van der Waals surface area contributed by atoms with Crippen LogP contribution in [0.3, 0.4) is 0 Å². The van der Waals surface area contributed by atoms with E-state index in [4.69, 9.17) is 23.8 Å². The Kier molecular flexibility index (Phi) is 6.36. The van der Waals surface area contributed by atoms with Gasteiger partial charge in [0.05, 0.1) is 17.1 Å². The van der Waals surface area contributed by atoms with Gasteiger partial charge in [-0.05, 0) is 79.8 Å². The molecule has 0 saturated heterocycles. The average molecular weight is 528 g/mol. The summed E-state index contributed by atoms with van der Waals surface area (Å²) in [6, 6.07) is 21.1. The molecule has 4 aromatic rings. The van der Waals surface area contributed by atoms with Gasteiger partial charge < -0.3 is 5.11 Å². The summed E-state index contributed by atoms with van der Waals surface area (Å²) in [4.78, 5) is 13.3. The van der Waals surface area contributed by atoms with Crippen LogP contribution in [0.2, 0.25) is 5.02 Å². The average Bonchev–Trinajstić information content (AvgIpc) is 2.77. The third-order valence-electron chi connectivity index (χ3n) is 4.68. The van der Waals surface area contributed by atoms with Crippen LogP contribution in [-0.4, -0.2) is 14.2 Å². The van der Waals surface area contributed by atoms with Gasteiger partial charge in [0.15, 0.2) is 4.77 Å². The van der Waals surface area contributed by atoms with Crippen LogP contribution >= 0.6 is 39.7 Å². The molecule has 4 rings (SSSR count). The predicted molar refractivity (Wildman–Crippen MR) is 132 cm³/mol. The fourth-order valence-electron chi connectivity index (χ4n) is 3.03. The molecule has 1 aromatic heterocycles. The molecule has 0 radical (unpaired) electrons. The fourth-order valence-corrected chi connectivity index (χ4v) is 3.80. The van der Waals surface area contributed by atoms with Crippen molar-refractivity contribution in [1.29, 1.82) is 0 Å². The molecule has 6 nitrogen and oxygen atoms in total. The zero-order valence-corrected chi connectivity index (χ0v) is 19.9. The van der Waals surface area contributed by atoms with Gasteiger partial charge in [-0.2, -0.15) is 5.11 Å². The summed E-state index contributed by atoms with van der Waals surface area (Å²) in [5.41, 5.74) is 1.82. The summed E-state index contributed by atoms with van der Waals surface area (Å²) in [6.45, 7) is 1.96. The van der Waals surface area contributed by atoms with Gasteiger partial charge in [0, 0.05) is 9.50 Å². The maximum absolute atomic E-state index is 13.3. The molecule has 9 heteroatoms. The van der Waals surface area contributed by atoms with Crippen molar-refractivity contribution in [3.8, 4) is 17.3 Å². The molecule has 0 bridgehead atoms. The Balaban J connectivity index is 1.99.